The van der Waals surface area contributed by atoms with Crippen LogP contribution in [0.4, 0.5) is 0 Å². The third-order valence-corrected chi connectivity index (χ3v) is 3.16. The van der Waals surface area contributed by atoms with Crippen LogP contribution in [-0.4, -0.2) is 19.3 Å². The second-order valence-corrected chi connectivity index (χ2v) is 5.96. The molecule has 2 aromatic heterocycles. The van der Waals surface area contributed by atoms with E-state index in [2.05, 4.69) is 19.3 Å². The van der Waals surface area contributed by atoms with Crippen molar-refractivity contribution in [2.75, 3.05) is 0 Å². The number of halogens is 1. The maximum atomic E-state index is 11.6. The van der Waals surface area contributed by atoms with Gasteiger partial charge in [0.05, 0.1) is 6.54 Å². The molecule has 2 rings (SSSR count). The van der Waals surface area contributed by atoms with Crippen LogP contribution in [0.15, 0.2) is 9.32 Å². The number of hydrogen-bond donors (Lipinski definition) is 0. The molecule has 2 heterocycles. The molecule has 0 amide bonds. The van der Waals surface area contributed by atoms with Crippen molar-refractivity contribution < 1.29 is 4.52 Å². The van der Waals surface area contributed by atoms with Crippen molar-refractivity contribution in [1.82, 2.24) is 19.3 Å². The van der Waals surface area contributed by atoms with Gasteiger partial charge in [0.15, 0.2) is 5.82 Å². The van der Waals surface area contributed by atoms with Gasteiger partial charge >= 0.3 is 5.76 Å². The van der Waals surface area contributed by atoms with E-state index >= 15 is 0 Å². The molecule has 0 unspecified atom stereocenters. The summed E-state index contributed by atoms with van der Waals surface area (Å²) in [6.45, 7) is 6.06. The molecule has 0 N–H and O–H groups in total. The van der Waals surface area contributed by atoms with Gasteiger partial charge in [-0.1, -0.05) is 42.0 Å². The number of aromatic nitrogens is 4. The Balaban J connectivity index is 2.43. The largest absolute Gasteiger partial charge is 0.441 e. The SMILES string of the molecule is CC(C)(C)c1noc(=O)n1Cc1nnsc1Cl. The minimum atomic E-state index is -0.515. The Labute approximate surface area is 106 Å². The maximum Gasteiger partial charge on any atom is 0.441 e. The van der Waals surface area contributed by atoms with Gasteiger partial charge in [-0.25, -0.2) is 4.79 Å². The molecule has 6 nitrogen and oxygen atoms in total. The highest BCUT2D eigenvalue weighted by molar-refractivity contribution is 7.10. The lowest BCUT2D eigenvalue weighted by Gasteiger charge is -2.16. The van der Waals surface area contributed by atoms with Crippen LogP contribution in [0.2, 0.25) is 4.34 Å². The van der Waals surface area contributed by atoms with E-state index in [1.165, 1.54) is 4.57 Å². The molecule has 92 valence electrons. The summed E-state index contributed by atoms with van der Waals surface area (Å²) in [6.07, 6.45) is 0. The summed E-state index contributed by atoms with van der Waals surface area (Å²) in [5, 5.41) is 7.65. The summed E-state index contributed by atoms with van der Waals surface area (Å²) in [7, 11) is 0. The molecule has 0 fully saturated rings. The van der Waals surface area contributed by atoms with Gasteiger partial charge in [-0.2, -0.15) is 0 Å². The zero-order chi connectivity index (χ0) is 12.6. The van der Waals surface area contributed by atoms with Crippen molar-refractivity contribution in [3.05, 3.63) is 26.4 Å². The molecule has 0 aromatic carbocycles. The van der Waals surface area contributed by atoms with Gasteiger partial charge in [-0.15, -0.1) is 5.10 Å². The molecule has 8 heteroatoms. The van der Waals surface area contributed by atoms with E-state index in [0.29, 0.717) is 15.9 Å². The fourth-order valence-electron chi connectivity index (χ4n) is 1.39. The lowest BCUT2D eigenvalue weighted by atomic mass is 9.96. The predicted molar refractivity (Wildman–Crippen MR) is 63.5 cm³/mol. The van der Waals surface area contributed by atoms with Gasteiger partial charge < -0.3 is 0 Å². The molecular weight excluding hydrogens is 264 g/mol. The van der Waals surface area contributed by atoms with E-state index in [9.17, 15) is 4.79 Å². The molecule has 0 saturated carbocycles. The Morgan fingerprint density at radius 1 is 1.47 bits per heavy atom. The lowest BCUT2D eigenvalue weighted by molar-refractivity contribution is 0.367. The Hall–Kier alpha value is -1.21. The van der Waals surface area contributed by atoms with Gasteiger partial charge in [-0.3, -0.25) is 9.09 Å². The van der Waals surface area contributed by atoms with E-state index < -0.39 is 5.76 Å². The Morgan fingerprint density at radius 3 is 2.71 bits per heavy atom. The van der Waals surface area contributed by atoms with E-state index in [0.717, 1.165) is 11.5 Å². The fraction of sp³-hybridized carbons (Fsp3) is 0.556. The van der Waals surface area contributed by atoms with Gasteiger partial charge in [-0.05, 0) is 0 Å². The summed E-state index contributed by atoms with van der Waals surface area (Å²) >= 11 is 6.99. The first kappa shape index (κ1) is 12.3. The van der Waals surface area contributed by atoms with Gasteiger partial charge in [0.2, 0.25) is 0 Å². The zero-order valence-corrected chi connectivity index (χ0v) is 11.2. The summed E-state index contributed by atoms with van der Waals surface area (Å²) < 4.78 is 10.3. The second kappa shape index (κ2) is 4.23. The third-order valence-electron chi connectivity index (χ3n) is 2.17. The molecule has 0 spiro atoms. The quantitative estimate of drug-likeness (QED) is 0.833. The highest BCUT2D eigenvalue weighted by Gasteiger charge is 2.25. The Morgan fingerprint density at radius 2 is 2.18 bits per heavy atom. The highest BCUT2D eigenvalue weighted by Crippen LogP contribution is 2.22. The number of nitrogens with zero attached hydrogens (tertiary/aromatic N) is 4. The zero-order valence-electron chi connectivity index (χ0n) is 9.60. The van der Waals surface area contributed by atoms with Crippen LogP contribution in [0.25, 0.3) is 0 Å². The second-order valence-electron chi connectivity index (χ2n) is 4.60. The summed E-state index contributed by atoms with van der Waals surface area (Å²) in [5.41, 5.74) is 0.259. The summed E-state index contributed by atoms with van der Waals surface area (Å²) in [4.78, 5) is 11.6. The minimum absolute atomic E-state index is 0.226. The normalized spacial score (nSPS) is 12.0. The Kier molecular flexibility index (Phi) is 3.05. The number of hydrogen-bond acceptors (Lipinski definition) is 6. The van der Waals surface area contributed by atoms with Crippen LogP contribution in [0.1, 0.15) is 32.3 Å². The van der Waals surface area contributed by atoms with Gasteiger partial charge in [0.1, 0.15) is 10.0 Å². The average Bonchev–Trinajstić information content (AvgIpc) is 2.75. The molecule has 0 radical (unpaired) electrons. The molecule has 0 atom stereocenters. The predicted octanol–water partition coefficient (Wildman–Crippen LogP) is 1.69. The van der Waals surface area contributed by atoms with Gasteiger partial charge in [0.25, 0.3) is 0 Å². The molecule has 17 heavy (non-hydrogen) atoms. The fourth-order valence-corrected chi connectivity index (χ4v) is 2.00. The van der Waals surface area contributed by atoms with E-state index in [4.69, 9.17) is 11.6 Å². The van der Waals surface area contributed by atoms with Crippen molar-refractivity contribution in [2.24, 2.45) is 0 Å². The van der Waals surface area contributed by atoms with Gasteiger partial charge in [0, 0.05) is 16.9 Å². The first-order chi connectivity index (χ1) is 7.89. The van der Waals surface area contributed by atoms with Crippen molar-refractivity contribution in [1.29, 1.82) is 0 Å². The smallest absolute Gasteiger partial charge is 0.296 e. The van der Waals surface area contributed by atoms with E-state index in [1.54, 1.807) is 0 Å². The molecule has 0 aliphatic rings. The van der Waals surface area contributed by atoms with E-state index in [-0.39, 0.29) is 12.0 Å². The molecule has 0 aliphatic carbocycles. The van der Waals surface area contributed by atoms with Crippen LogP contribution >= 0.6 is 23.1 Å². The average molecular weight is 275 g/mol. The third kappa shape index (κ3) is 2.39. The molecule has 0 saturated heterocycles. The molecule has 0 aliphatic heterocycles. The van der Waals surface area contributed by atoms with Crippen LogP contribution < -0.4 is 5.76 Å². The van der Waals surface area contributed by atoms with Crippen LogP contribution in [0.3, 0.4) is 0 Å². The molecular formula is C9H11ClN4O2S. The van der Waals surface area contributed by atoms with Crippen LogP contribution in [0.5, 0.6) is 0 Å². The standard InChI is InChI=1S/C9H11ClN4O2S/c1-9(2,3)7-12-16-8(15)14(7)4-5-6(10)17-13-11-5/h4H2,1-3H3. The van der Waals surface area contributed by atoms with Crippen molar-refractivity contribution in [3.8, 4) is 0 Å². The van der Waals surface area contributed by atoms with Crippen LogP contribution in [0, 0.1) is 0 Å². The van der Waals surface area contributed by atoms with Crippen molar-refractivity contribution >= 4 is 23.1 Å². The van der Waals surface area contributed by atoms with E-state index in [1.807, 2.05) is 20.8 Å². The van der Waals surface area contributed by atoms with Crippen LogP contribution in [-0.2, 0) is 12.0 Å². The molecule has 0 bridgehead atoms. The summed E-state index contributed by atoms with van der Waals surface area (Å²) in [5.74, 6) is 0.0468. The first-order valence-electron chi connectivity index (χ1n) is 4.93. The molecule has 2 aromatic rings. The minimum Gasteiger partial charge on any atom is -0.296 e. The summed E-state index contributed by atoms with van der Waals surface area (Å²) in [6, 6.07) is 0. The maximum absolute atomic E-state index is 11.6. The first-order valence-corrected chi connectivity index (χ1v) is 6.08. The monoisotopic (exact) mass is 274 g/mol. The van der Waals surface area contributed by atoms with Crippen molar-refractivity contribution in [2.45, 2.75) is 32.7 Å². The topological polar surface area (TPSA) is 73.8 Å². The lowest BCUT2D eigenvalue weighted by Crippen LogP contribution is -2.25. The van der Waals surface area contributed by atoms with Crippen molar-refractivity contribution in [3.63, 3.8) is 0 Å². The number of rotatable bonds is 2. The Bertz CT molecular complexity index is 580. The highest BCUT2D eigenvalue weighted by atomic mass is 35.5.